The van der Waals surface area contributed by atoms with Crippen molar-refractivity contribution < 1.29 is 0 Å². The lowest BCUT2D eigenvalue weighted by molar-refractivity contribution is 0.186. The maximum Gasteiger partial charge on any atom is 0.268 e. The molecule has 2 aliphatic rings. The number of hydrogen-bond donors (Lipinski definition) is 2. The van der Waals surface area contributed by atoms with E-state index in [4.69, 9.17) is 34.7 Å². The normalized spacial score (nSPS) is 19.2. The van der Waals surface area contributed by atoms with E-state index in [1.165, 1.54) is 22.9 Å². The molecule has 33 heavy (non-hydrogen) atoms. The van der Waals surface area contributed by atoms with Crippen molar-refractivity contribution in [3.8, 4) is 0 Å². The van der Waals surface area contributed by atoms with Gasteiger partial charge in [-0.3, -0.25) is 9.36 Å². The van der Waals surface area contributed by atoms with Crippen LogP contribution in [0, 0.1) is 5.41 Å². The summed E-state index contributed by atoms with van der Waals surface area (Å²) in [6.45, 7) is 1.57. The van der Waals surface area contributed by atoms with Crippen molar-refractivity contribution in [1.29, 1.82) is 0 Å². The van der Waals surface area contributed by atoms with Crippen molar-refractivity contribution in [3.63, 3.8) is 0 Å². The zero-order chi connectivity index (χ0) is 23.3. The van der Waals surface area contributed by atoms with Crippen molar-refractivity contribution in [2.45, 2.75) is 35.1 Å². The summed E-state index contributed by atoms with van der Waals surface area (Å²) < 4.78 is 1.60. The Morgan fingerprint density at radius 3 is 2.67 bits per heavy atom. The predicted molar refractivity (Wildman–Crippen MR) is 133 cm³/mol. The molecule has 172 valence electrons. The number of nitrogen functional groups attached to an aromatic ring is 1. The van der Waals surface area contributed by atoms with Gasteiger partial charge in [-0.1, -0.05) is 41.0 Å². The van der Waals surface area contributed by atoms with Crippen molar-refractivity contribution in [3.05, 3.63) is 68.2 Å². The summed E-state index contributed by atoms with van der Waals surface area (Å²) in [6.07, 6.45) is 6.00. The molecule has 3 heterocycles. The third kappa shape index (κ3) is 3.89. The van der Waals surface area contributed by atoms with E-state index in [1.807, 2.05) is 12.1 Å². The zero-order valence-corrected chi connectivity index (χ0v) is 20.4. The van der Waals surface area contributed by atoms with Crippen LogP contribution in [0.5, 0.6) is 0 Å². The molecule has 0 saturated carbocycles. The first-order chi connectivity index (χ1) is 15.8. The summed E-state index contributed by atoms with van der Waals surface area (Å²) in [4.78, 5) is 25.0. The molecule has 3 aromatic rings. The minimum absolute atomic E-state index is 0.0240. The van der Waals surface area contributed by atoms with Gasteiger partial charge in [0.25, 0.3) is 5.56 Å². The molecule has 1 atom stereocenters. The minimum atomic E-state index is -0.128. The summed E-state index contributed by atoms with van der Waals surface area (Å²) in [5, 5.41) is 1.07. The highest BCUT2D eigenvalue weighted by atomic mass is 35.5. The molecule has 1 aliphatic carbocycles. The van der Waals surface area contributed by atoms with Crippen LogP contribution in [0.25, 0.3) is 0 Å². The Kier molecular flexibility index (Phi) is 5.81. The van der Waals surface area contributed by atoms with Gasteiger partial charge in [0.15, 0.2) is 0 Å². The van der Waals surface area contributed by atoms with Gasteiger partial charge < -0.3 is 16.4 Å². The van der Waals surface area contributed by atoms with E-state index in [9.17, 15) is 4.79 Å². The second kappa shape index (κ2) is 8.51. The molecule has 10 heteroatoms. The largest absolute Gasteiger partial charge is 0.382 e. The van der Waals surface area contributed by atoms with Gasteiger partial charge in [0.2, 0.25) is 5.95 Å². The number of rotatable bonds is 3. The van der Waals surface area contributed by atoms with Gasteiger partial charge in [0, 0.05) is 42.3 Å². The van der Waals surface area contributed by atoms with Gasteiger partial charge >= 0.3 is 0 Å². The summed E-state index contributed by atoms with van der Waals surface area (Å²) in [7, 11) is 1.75. The highest BCUT2D eigenvalue weighted by Gasteiger charge is 2.46. The fourth-order valence-corrected chi connectivity index (χ4v) is 6.29. The molecule has 0 amide bonds. The molecule has 1 spiro atoms. The van der Waals surface area contributed by atoms with E-state index >= 15 is 0 Å². The summed E-state index contributed by atoms with van der Waals surface area (Å²) in [6, 6.07) is 7.75. The van der Waals surface area contributed by atoms with Crippen LogP contribution in [-0.2, 0) is 13.5 Å². The van der Waals surface area contributed by atoms with E-state index in [2.05, 4.69) is 20.9 Å². The predicted octanol–water partition coefficient (Wildman–Crippen LogP) is 4.06. The number of anilines is 2. The first kappa shape index (κ1) is 22.5. The lowest BCUT2D eigenvalue weighted by atomic mass is 9.73. The van der Waals surface area contributed by atoms with Crippen LogP contribution in [0.15, 0.2) is 51.2 Å². The van der Waals surface area contributed by atoms with Crippen LogP contribution >= 0.6 is 35.0 Å². The number of nitrogens with zero attached hydrogens (tertiary/aromatic N) is 4. The lowest BCUT2D eigenvalue weighted by Crippen LogP contribution is -2.46. The Morgan fingerprint density at radius 2 is 1.91 bits per heavy atom. The molecular formula is C23H24Cl2N6OS. The van der Waals surface area contributed by atoms with Crippen LogP contribution in [-0.4, -0.2) is 27.6 Å². The molecule has 0 bridgehead atoms. The highest BCUT2D eigenvalue weighted by Crippen LogP contribution is 2.51. The number of piperidine rings is 1. The van der Waals surface area contributed by atoms with Crippen molar-refractivity contribution in [1.82, 2.24) is 14.5 Å². The van der Waals surface area contributed by atoms with Crippen LogP contribution in [0.4, 0.5) is 11.8 Å². The number of hydrogen-bond acceptors (Lipinski definition) is 7. The van der Waals surface area contributed by atoms with Crippen LogP contribution in [0.2, 0.25) is 10.0 Å². The molecule has 7 nitrogen and oxygen atoms in total. The van der Waals surface area contributed by atoms with Crippen molar-refractivity contribution >= 4 is 46.7 Å². The number of fused-ring (bicyclic) bond motifs is 1. The molecule has 1 aliphatic heterocycles. The van der Waals surface area contributed by atoms with E-state index in [-0.39, 0.29) is 22.8 Å². The van der Waals surface area contributed by atoms with Crippen LogP contribution < -0.4 is 21.9 Å². The maximum atomic E-state index is 13.1. The topological polar surface area (TPSA) is 103 Å². The SMILES string of the molecule is Cn1c(N2CCC3(CC2)Cc2ccc(Cl)cc2[C@H]3N)ncc(Sc2ccnc(N)c2Cl)c1=O. The number of pyridine rings is 1. The third-order valence-corrected chi connectivity index (χ3v) is 8.71. The average Bonchev–Trinajstić information content (AvgIpc) is 3.06. The van der Waals surface area contributed by atoms with Gasteiger partial charge in [0.05, 0.1) is 16.1 Å². The Morgan fingerprint density at radius 1 is 1.15 bits per heavy atom. The van der Waals surface area contributed by atoms with Gasteiger partial charge in [0.1, 0.15) is 5.82 Å². The minimum Gasteiger partial charge on any atom is -0.382 e. The van der Waals surface area contributed by atoms with E-state index < -0.39 is 0 Å². The Bertz CT molecular complexity index is 1290. The maximum absolute atomic E-state index is 13.1. The number of aromatic nitrogens is 3. The second-order valence-corrected chi connectivity index (χ2v) is 10.6. The fraction of sp³-hybridized carbons (Fsp3) is 0.348. The smallest absolute Gasteiger partial charge is 0.268 e. The van der Waals surface area contributed by atoms with Crippen LogP contribution in [0.1, 0.15) is 30.0 Å². The number of halogens is 2. The van der Waals surface area contributed by atoms with Gasteiger partial charge in [-0.15, -0.1) is 0 Å². The Hall–Kier alpha value is -2.26. The first-order valence-corrected chi connectivity index (χ1v) is 12.3. The quantitative estimate of drug-likeness (QED) is 0.556. The number of nitrogens with two attached hydrogens (primary N) is 2. The molecule has 1 saturated heterocycles. The fourth-order valence-electron chi connectivity index (χ4n) is 4.99. The van der Waals surface area contributed by atoms with Crippen molar-refractivity contribution in [2.24, 2.45) is 18.2 Å². The molecule has 4 N–H and O–H groups in total. The van der Waals surface area contributed by atoms with Gasteiger partial charge in [-0.2, -0.15) is 0 Å². The standard InChI is InChI=1S/C23H24Cl2N6OS/c1-30-21(32)17(33-16-4-7-28-20(27)18(16)25)12-29-22(30)31-8-5-23(6-9-31)11-13-2-3-14(24)10-15(13)19(23)26/h2-4,7,10,12,19H,5-6,8-9,11,26H2,1H3,(H2,27,28)/t19-/m1/s1. The Balaban J connectivity index is 1.34. The van der Waals surface area contributed by atoms with Crippen LogP contribution in [0.3, 0.4) is 0 Å². The molecular weight excluding hydrogens is 479 g/mol. The molecule has 0 radical (unpaired) electrons. The van der Waals surface area contributed by atoms with Crippen molar-refractivity contribution in [2.75, 3.05) is 23.7 Å². The molecule has 1 aromatic carbocycles. The average molecular weight is 503 g/mol. The Labute approximate surface area is 206 Å². The van der Waals surface area contributed by atoms with E-state index in [0.717, 1.165) is 37.4 Å². The first-order valence-electron chi connectivity index (χ1n) is 10.7. The van der Waals surface area contributed by atoms with Gasteiger partial charge in [-0.25, -0.2) is 9.97 Å². The summed E-state index contributed by atoms with van der Waals surface area (Å²) in [5.41, 5.74) is 14.8. The zero-order valence-electron chi connectivity index (χ0n) is 18.1. The van der Waals surface area contributed by atoms with E-state index in [1.54, 1.807) is 30.1 Å². The molecule has 2 aromatic heterocycles. The monoisotopic (exact) mass is 502 g/mol. The summed E-state index contributed by atoms with van der Waals surface area (Å²) in [5.74, 6) is 0.895. The molecule has 5 rings (SSSR count). The van der Waals surface area contributed by atoms with Gasteiger partial charge in [-0.05, 0) is 54.0 Å². The highest BCUT2D eigenvalue weighted by molar-refractivity contribution is 7.99. The third-order valence-electron chi connectivity index (χ3n) is 6.90. The number of benzene rings is 1. The molecule has 0 unspecified atom stereocenters. The van der Waals surface area contributed by atoms with E-state index in [0.29, 0.717) is 20.8 Å². The summed E-state index contributed by atoms with van der Waals surface area (Å²) >= 11 is 13.7. The lowest BCUT2D eigenvalue weighted by Gasteiger charge is -2.42. The molecule has 1 fully saturated rings. The second-order valence-electron chi connectivity index (χ2n) is 8.74.